The minimum Gasteiger partial charge on any atom is -0.495 e. The van der Waals surface area contributed by atoms with E-state index in [-0.39, 0.29) is 28.0 Å². The van der Waals surface area contributed by atoms with Crippen LogP contribution < -0.4 is 26.0 Å². The van der Waals surface area contributed by atoms with Crippen molar-refractivity contribution >= 4 is 40.1 Å². The lowest BCUT2D eigenvalue weighted by Gasteiger charge is -2.13. The van der Waals surface area contributed by atoms with Crippen LogP contribution in [0.25, 0.3) is 10.9 Å². The Bertz CT molecular complexity index is 1300. The Morgan fingerprint density at radius 3 is 2.55 bits per heavy atom. The van der Waals surface area contributed by atoms with Gasteiger partial charge in [0.05, 0.1) is 54.1 Å². The number of carboxylic acids is 1. The number of pyridine rings is 1. The molecule has 31 heavy (non-hydrogen) atoms. The number of halogens is 1. The predicted octanol–water partition coefficient (Wildman–Crippen LogP) is 1.02. The standard InChI is InChI=1S/C19H17ClN4O7/c1-30-14-6-15(31-2)12(5-11(14)20)22-16(25)4-9-3-10-13(7-21-9)23-19(29)24(18(10)28)8-17(26)27/h3,5-7H,4,8H2,1-2H3,(H,22,25)(H,23,29)(H,26,27). The summed E-state index contributed by atoms with van der Waals surface area (Å²) in [5.41, 5.74) is -0.990. The van der Waals surface area contributed by atoms with Crippen LogP contribution in [-0.2, 0) is 22.6 Å². The van der Waals surface area contributed by atoms with E-state index in [1.165, 1.54) is 38.6 Å². The van der Waals surface area contributed by atoms with Crippen LogP contribution in [0, 0.1) is 0 Å². The number of aromatic nitrogens is 3. The molecule has 0 aliphatic carbocycles. The molecule has 0 spiro atoms. The van der Waals surface area contributed by atoms with Crippen molar-refractivity contribution in [2.45, 2.75) is 13.0 Å². The Hall–Kier alpha value is -3.86. The van der Waals surface area contributed by atoms with Crippen LogP contribution in [0.5, 0.6) is 11.5 Å². The summed E-state index contributed by atoms with van der Waals surface area (Å²) >= 11 is 6.10. The molecule has 0 unspecified atom stereocenters. The Labute approximate surface area is 179 Å². The normalized spacial score (nSPS) is 10.7. The lowest BCUT2D eigenvalue weighted by Crippen LogP contribution is -2.37. The van der Waals surface area contributed by atoms with Gasteiger partial charge in [0.25, 0.3) is 5.56 Å². The van der Waals surface area contributed by atoms with Gasteiger partial charge >= 0.3 is 11.7 Å². The second-order valence-corrected chi connectivity index (χ2v) is 6.76. The highest BCUT2D eigenvalue weighted by molar-refractivity contribution is 6.32. The van der Waals surface area contributed by atoms with E-state index in [0.29, 0.717) is 21.8 Å². The Morgan fingerprint density at radius 2 is 1.90 bits per heavy atom. The zero-order valence-electron chi connectivity index (χ0n) is 16.4. The first-order chi connectivity index (χ1) is 14.7. The summed E-state index contributed by atoms with van der Waals surface area (Å²) in [4.78, 5) is 54.3. The molecular weight excluding hydrogens is 432 g/mol. The van der Waals surface area contributed by atoms with E-state index in [0.717, 1.165) is 0 Å². The van der Waals surface area contributed by atoms with Gasteiger partial charge in [0.15, 0.2) is 0 Å². The fourth-order valence-corrected chi connectivity index (χ4v) is 3.13. The number of nitrogens with zero attached hydrogens (tertiary/aromatic N) is 2. The van der Waals surface area contributed by atoms with Crippen LogP contribution in [0.3, 0.4) is 0 Å². The number of fused-ring (bicyclic) bond motifs is 1. The topological polar surface area (TPSA) is 153 Å². The second-order valence-electron chi connectivity index (χ2n) is 6.35. The molecule has 0 radical (unpaired) electrons. The van der Waals surface area contributed by atoms with Gasteiger partial charge < -0.3 is 24.9 Å². The van der Waals surface area contributed by atoms with Crippen molar-refractivity contribution < 1.29 is 24.2 Å². The molecule has 3 rings (SSSR count). The minimum atomic E-state index is -1.34. The average Bonchev–Trinajstić information content (AvgIpc) is 2.71. The summed E-state index contributed by atoms with van der Waals surface area (Å²) in [5, 5.41) is 11.8. The van der Waals surface area contributed by atoms with Gasteiger partial charge in [0.2, 0.25) is 5.91 Å². The Balaban J connectivity index is 1.89. The molecule has 3 aromatic rings. The van der Waals surface area contributed by atoms with Crippen molar-refractivity contribution in [1.82, 2.24) is 14.5 Å². The molecule has 0 bridgehead atoms. The van der Waals surface area contributed by atoms with Crippen LogP contribution in [-0.4, -0.2) is 45.7 Å². The third kappa shape index (κ3) is 4.67. The van der Waals surface area contributed by atoms with Gasteiger partial charge in [0.1, 0.15) is 18.0 Å². The number of methoxy groups -OCH3 is 2. The maximum atomic E-state index is 12.5. The lowest BCUT2D eigenvalue weighted by molar-refractivity contribution is -0.137. The zero-order chi connectivity index (χ0) is 22.7. The summed E-state index contributed by atoms with van der Waals surface area (Å²) in [6.45, 7) is -0.791. The number of benzene rings is 1. The van der Waals surface area contributed by atoms with Gasteiger partial charge in [-0.1, -0.05) is 11.6 Å². The number of rotatable bonds is 7. The van der Waals surface area contributed by atoms with Gasteiger partial charge in [-0.3, -0.25) is 19.4 Å². The number of aromatic amines is 1. The number of hydrogen-bond donors (Lipinski definition) is 3. The van der Waals surface area contributed by atoms with Crippen LogP contribution in [0.2, 0.25) is 5.02 Å². The molecule has 1 amide bonds. The zero-order valence-corrected chi connectivity index (χ0v) is 17.1. The molecular formula is C19H17ClN4O7. The number of H-pyrrole nitrogens is 1. The first-order valence-corrected chi connectivity index (χ1v) is 9.16. The number of carboxylic acid groups (broad SMARTS) is 1. The summed E-state index contributed by atoms with van der Waals surface area (Å²) < 4.78 is 10.9. The highest BCUT2D eigenvalue weighted by atomic mass is 35.5. The summed E-state index contributed by atoms with van der Waals surface area (Å²) in [6, 6.07) is 4.32. The summed E-state index contributed by atoms with van der Waals surface area (Å²) in [5.74, 6) is -1.11. The minimum absolute atomic E-state index is 0.0312. The van der Waals surface area contributed by atoms with E-state index in [9.17, 15) is 19.2 Å². The number of aliphatic carboxylic acids is 1. The molecule has 3 N–H and O–H groups in total. The van der Waals surface area contributed by atoms with Gasteiger partial charge in [-0.15, -0.1) is 0 Å². The van der Waals surface area contributed by atoms with Crippen molar-refractivity contribution in [3.05, 3.63) is 56.0 Å². The van der Waals surface area contributed by atoms with Crippen LogP contribution in [0.4, 0.5) is 5.69 Å². The SMILES string of the molecule is COc1cc(OC)c(NC(=O)Cc2cc3c(=O)n(CC(=O)O)c(=O)[nH]c3cn2)cc1Cl. The summed E-state index contributed by atoms with van der Waals surface area (Å²) in [7, 11) is 2.87. The van der Waals surface area contributed by atoms with Crippen molar-refractivity contribution in [2.75, 3.05) is 19.5 Å². The summed E-state index contributed by atoms with van der Waals surface area (Å²) in [6.07, 6.45) is 1.02. The number of hydrogen-bond acceptors (Lipinski definition) is 7. The van der Waals surface area contributed by atoms with Crippen molar-refractivity contribution in [1.29, 1.82) is 0 Å². The highest BCUT2D eigenvalue weighted by Gasteiger charge is 2.15. The first kappa shape index (κ1) is 21.8. The van der Waals surface area contributed by atoms with Crippen LogP contribution in [0.1, 0.15) is 5.69 Å². The maximum absolute atomic E-state index is 12.5. The van der Waals surface area contributed by atoms with Crippen LogP contribution >= 0.6 is 11.6 Å². The highest BCUT2D eigenvalue weighted by Crippen LogP contribution is 2.35. The molecule has 0 saturated carbocycles. The Morgan fingerprint density at radius 1 is 1.19 bits per heavy atom. The molecule has 0 aliphatic heterocycles. The molecule has 2 aromatic heterocycles. The third-order valence-corrected chi connectivity index (χ3v) is 4.60. The fraction of sp³-hybridized carbons (Fsp3) is 0.211. The smallest absolute Gasteiger partial charge is 0.329 e. The predicted molar refractivity (Wildman–Crippen MR) is 111 cm³/mol. The monoisotopic (exact) mass is 448 g/mol. The van der Waals surface area contributed by atoms with E-state index < -0.39 is 29.7 Å². The fourth-order valence-electron chi connectivity index (χ4n) is 2.89. The van der Waals surface area contributed by atoms with Crippen molar-refractivity contribution in [3.63, 3.8) is 0 Å². The number of carbonyl (C=O) groups is 2. The number of nitrogens with one attached hydrogen (secondary N) is 2. The van der Waals surface area contributed by atoms with E-state index in [1.807, 2.05) is 0 Å². The molecule has 0 fully saturated rings. The number of carbonyl (C=O) groups excluding carboxylic acids is 1. The molecule has 162 valence electrons. The molecule has 2 heterocycles. The molecule has 0 aliphatic rings. The van der Waals surface area contributed by atoms with Gasteiger partial charge in [0, 0.05) is 6.07 Å². The Kier molecular flexibility index (Phi) is 6.25. The number of ether oxygens (including phenoxy) is 2. The van der Waals surface area contributed by atoms with E-state index in [4.69, 9.17) is 26.2 Å². The molecule has 0 atom stereocenters. The largest absolute Gasteiger partial charge is 0.495 e. The van der Waals surface area contributed by atoms with E-state index in [1.54, 1.807) is 0 Å². The van der Waals surface area contributed by atoms with Gasteiger partial charge in [-0.25, -0.2) is 9.36 Å². The van der Waals surface area contributed by atoms with E-state index in [2.05, 4.69) is 15.3 Å². The molecule has 12 heteroatoms. The third-order valence-electron chi connectivity index (χ3n) is 4.31. The van der Waals surface area contributed by atoms with Crippen LogP contribution in [0.15, 0.2) is 34.0 Å². The number of amides is 1. The van der Waals surface area contributed by atoms with Gasteiger partial charge in [-0.05, 0) is 12.1 Å². The molecule has 1 aromatic carbocycles. The number of anilines is 1. The van der Waals surface area contributed by atoms with Crippen molar-refractivity contribution in [2.24, 2.45) is 0 Å². The van der Waals surface area contributed by atoms with Gasteiger partial charge in [-0.2, -0.15) is 0 Å². The lowest BCUT2D eigenvalue weighted by atomic mass is 10.2. The maximum Gasteiger partial charge on any atom is 0.329 e. The second kappa shape index (κ2) is 8.88. The molecule has 0 saturated heterocycles. The van der Waals surface area contributed by atoms with Crippen molar-refractivity contribution in [3.8, 4) is 11.5 Å². The van der Waals surface area contributed by atoms with E-state index >= 15 is 0 Å². The first-order valence-electron chi connectivity index (χ1n) is 8.78. The average molecular weight is 449 g/mol. The molecule has 11 nitrogen and oxygen atoms in total. The quantitative estimate of drug-likeness (QED) is 0.484.